The molecule has 0 aromatic carbocycles. The molecule has 1 atom stereocenters. The van der Waals surface area contributed by atoms with E-state index in [0.29, 0.717) is 11.7 Å². The molecular formula is C14H25NO. The van der Waals surface area contributed by atoms with Crippen LogP contribution in [-0.2, 0) is 4.74 Å². The van der Waals surface area contributed by atoms with Crippen LogP contribution >= 0.6 is 0 Å². The predicted molar refractivity (Wildman–Crippen MR) is 67.6 cm³/mol. The number of ether oxygens (including phenoxy) is 1. The summed E-state index contributed by atoms with van der Waals surface area (Å²) in [5.74, 6) is 0. The van der Waals surface area contributed by atoms with Crippen LogP contribution in [0.4, 0.5) is 0 Å². The van der Waals surface area contributed by atoms with Crippen LogP contribution in [0, 0.1) is 0 Å². The zero-order valence-electron chi connectivity index (χ0n) is 10.5. The summed E-state index contributed by atoms with van der Waals surface area (Å²) < 4.78 is 6.24. The highest BCUT2D eigenvalue weighted by Gasteiger charge is 2.41. The molecule has 2 aliphatic rings. The zero-order valence-corrected chi connectivity index (χ0v) is 10.5. The van der Waals surface area contributed by atoms with E-state index in [2.05, 4.69) is 24.4 Å². The SMILES string of the molecule is C/C=C/CCNCC1CCC2(CCCC2)O1. The fourth-order valence-corrected chi connectivity index (χ4v) is 3.04. The summed E-state index contributed by atoms with van der Waals surface area (Å²) in [7, 11) is 0. The summed E-state index contributed by atoms with van der Waals surface area (Å²) >= 11 is 0. The quantitative estimate of drug-likeness (QED) is 0.571. The molecule has 0 aromatic heterocycles. The van der Waals surface area contributed by atoms with E-state index in [9.17, 15) is 0 Å². The first kappa shape index (κ1) is 12.1. The Labute approximate surface area is 99.4 Å². The molecular weight excluding hydrogens is 198 g/mol. The normalized spacial score (nSPS) is 28.4. The minimum atomic E-state index is 0.301. The molecule has 2 nitrogen and oxygen atoms in total. The highest BCUT2D eigenvalue weighted by Crippen LogP contribution is 2.43. The molecule has 92 valence electrons. The van der Waals surface area contributed by atoms with Crippen molar-refractivity contribution in [1.82, 2.24) is 5.32 Å². The lowest BCUT2D eigenvalue weighted by Crippen LogP contribution is -2.31. The lowest BCUT2D eigenvalue weighted by Gasteiger charge is -2.23. The Kier molecular flexibility index (Phi) is 4.42. The lowest BCUT2D eigenvalue weighted by molar-refractivity contribution is -0.0349. The first-order valence-corrected chi connectivity index (χ1v) is 6.84. The first-order chi connectivity index (χ1) is 7.85. The minimum absolute atomic E-state index is 0.301. The average Bonchev–Trinajstić information content (AvgIpc) is 2.90. The van der Waals surface area contributed by atoms with E-state index in [4.69, 9.17) is 4.74 Å². The van der Waals surface area contributed by atoms with E-state index >= 15 is 0 Å². The van der Waals surface area contributed by atoms with E-state index in [1.807, 2.05) is 0 Å². The molecule has 1 unspecified atom stereocenters. The predicted octanol–water partition coefficient (Wildman–Crippen LogP) is 3.03. The van der Waals surface area contributed by atoms with Gasteiger partial charge in [0.15, 0.2) is 0 Å². The number of hydrogen-bond donors (Lipinski definition) is 1. The topological polar surface area (TPSA) is 21.3 Å². The highest BCUT2D eigenvalue weighted by atomic mass is 16.5. The third kappa shape index (κ3) is 3.08. The Hall–Kier alpha value is -0.340. The molecule has 16 heavy (non-hydrogen) atoms. The molecule has 2 rings (SSSR count). The Bertz CT molecular complexity index is 231. The summed E-state index contributed by atoms with van der Waals surface area (Å²) in [5, 5.41) is 3.49. The molecule has 0 aromatic rings. The summed E-state index contributed by atoms with van der Waals surface area (Å²) in [6.07, 6.45) is 13.9. The third-order valence-electron chi connectivity index (χ3n) is 3.95. The van der Waals surface area contributed by atoms with Crippen molar-refractivity contribution < 1.29 is 4.74 Å². The van der Waals surface area contributed by atoms with Gasteiger partial charge < -0.3 is 10.1 Å². The maximum atomic E-state index is 6.24. The summed E-state index contributed by atoms with van der Waals surface area (Å²) in [5.41, 5.74) is 0.301. The second kappa shape index (κ2) is 5.83. The average molecular weight is 223 g/mol. The van der Waals surface area contributed by atoms with Crippen LogP contribution in [0.5, 0.6) is 0 Å². The van der Waals surface area contributed by atoms with Gasteiger partial charge in [-0.1, -0.05) is 25.0 Å². The Morgan fingerprint density at radius 1 is 1.31 bits per heavy atom. The van der Waals surface area contributed by atoms with Crippen LogP contribution < -0.4 is 5.32 Å². The van der Waals surface area contributed by atoms with E-state index in [-0.39, 0.29) is 0 Å². The van der Waals surface area contributed by atoms with Gasteiger partial charge in [0, 0.05) is 6.54 Å². The molecule has 1 aliphatic heterocycles. The molecule has 1 saturated carbocycles. The van der Waals surface area contributed by atoms with Crippen molar-refractivity contribution in [3.05, 3.63) is 12.2 Å². The van der Waals surface area contributed by atoms with Crippen LogP contribution in [0.15, 0.2) is 12.2 Å². The van der Waals surface area contributed by atoms with Crippen molar-refractivity contribution in [2.45, 2.75) is 63.6 Å². The fraction of sp³-hybridized carbons (Fsp3) is 0.857. The molecule has 2 heteroatoms. The van der Waals surface area contributed by atoms with Crippen LogP contribution in [0.1, 0.15) is 51.9 Å². The van der Waals surface area contributed by atoms with Crippen molar-refractivity contribution in [2.75, 3.05) is 13.1 Å². The zero-order chi connectivity index (χ0) is 11.3. The standard InChI is InChI=1S/C14H25NO/c1-2-3-6-11-15-12-13-7-10-14(16-13)8-4-5-9-14/h2-3,13,15H,4-12H2,1H3/b3-2+. The number of nitrogens with one attached hydrogen (secondary N) is 1. The molecule has 2 fully saturated rings. The minimum Gasteiger partial charge on any atom is -0.370 e. The van der Waals surface area contributed by atoms with Gasteiger partial charge in [-0.25, -0.2) is 0 Å². The van der Waals surface area contributed by atoms with Crippen LogP contribution in [-0.4, -0.2) is 24.8 Å². The second-order valence-electron chi connectivity index (χ2n) is 5.23. The van der Waals surface area contributed by atoms with Crippen LogP contribution in [0.25, 0.3) is 0 Å². The van der Waals surface area contributed by atoms with Gasteiger partial charge in [0.05, 0.1) is 11.7 Å². The molecule has 1 N–H and O–H groups in total. The van der Waals surface area contributed by atoms with Gasteiger partial charge in [-0.15, -0.1) is 0 Å². The van der Waals surface area contributed by atoms with E-state index in [0.717, 1.165) is 19.5 Å². The van der Waals surface area contributed by atoms with Crippen molar-refractivity contribution in [3.8, 4) is 0 Å². The van der Waals surface area contributed by atoms with E-state index in [1.165, 1.54) is 38.5 Å². The molecule has 0 bridgehead atoms. The maximum Gasteiger partial charge on any atom is 0.0708 e. The first-order valence-electron chi connectivity index (χ1n) is 6.84. The van der Waals surface area contributed by atoms with Crippen molar-refractivity contribution in [1.29, 1.82) is 0 Å². The van der Waals surface area contributed by atoms with Gasteiger partial charge in [0.25, 0.3) is 0 Å². The molecule has 1 heterocycles. The lowest BCUT2D eigenvalue weighted by atomic mass is 9.98. The smallest absolute Gasteiger partial charge is 0.0708 e. The second-order valence-corrected chi connectivity index (χ2v) is 5.23. The summed E-state index contributed by atoms with van der Waals surface area (Å²) in [6.45, 7) is 4.19. The monoisotopic (exact) mass is 223 g/mol. The number of rotatable bonds is 5. The van der Waals surface area contributed by atoms with Gasteiger partial charge in [0.1, 0.15) is 0 Å². The van der Waals surface area contributed by atoms with Crippen LogP contribution in [0.3, 0.4) is 0 Å². The molecule has 1 spiro atoms. The van der Waals surface area contributed by atoms with Crippen molar-refractivity contribution in [2.24, 2.45) is 0 Å². The maximum absolute atomic E-state index is 6.24. The Morgan fingerprint density at radius 3 is 2.88 bits per heavy atom. The Morgan fingerprint density at radius 2 is 2.12 bits per heavy atom. The Balaban J connectivity index is 1.61. The van der Waals surface area contributed by atoms with Crippen molar-refractivity contribution >= 4 is 0 Å². The number of allylic oxidation sites excluding steroid dienone is 1. The largest absolute Gasteiger partial charge is 0.370 e. The third-order valence-corrected chi connectivity index (χ3v) is 3.95. The van der Waals surface area contributed by atoms with E-state index in [1.54, 1.807) is 0 Å². The van der Waals surface area contributed by atoms with Gasteiger partial charge in [-0.3, -0.25) is 0 Å². The van der Waals surface area contributed by atoms with Gasteiger partial charge in [-0.2, -0.15) is 0 Å². The van der Waals surface area contributed by atoms with Crippen molar-refractivity contribution in [3.63, 3.8) is 0 Å². The molecule has 1 aliphatic carbocycles. The summed E-state index contributed by atoms with van der Waals surface area (Å²) in [4.78, 5) is 0. The molecule has 0 radical (unpaired) electrons. The molecule has 1 saturated heterocycles. The van der Waals surface area contributed by atoms with E-state index < -0.39 is 0 Å². The highest BCUT2D eigenvalue weighted by molar-refractivity contribution is 4.93. The summed E-state index contributed by atoms with van der Waals surface area (Å²) in [6, 6.07) is 0. The molecule has 0 amide bonds. The van der Waals surface area contributed by atoms with Gasteiger partial charge in [-0.05, 0) is 45.6 Å². The van der Waals surface area contributed by atoms with Gasteiger partial charge >= 0.3 is 0 Å². The van der Waals surface area contributed by atoms with Crippen LogP contribution in [0.2, 0.25) is 0 Å². The van der Waals surface area contributed by atoms with Gasteiger partial charge in [0.2, 0.25) is 0 Å². The fourth-order valence-electron chi connectivity index (χ4n) is 3.04. The number of hydrogen-bond acceptors (Lipinski definition) is 2.